The van der Waals surface area contributed by atoms with Gasteiger partial charge in [0.1, 0.15) is 23.3 Å². The van der Waals surface area contributed by atoms with Gasteiger partial charge in [0.2, 0.25) is 0 Å². The Balaban J connectivity index is 1.85. The third kappa shape index (κ3) is 2.82. The smallest absolute Gasteiger partial charge is 0.174 e. The Morgan fingerprint density at radius 3 is 2.62 bits per heavy atom. The fraction of sp³-hybridized carbons (Fsp3) is 0.200. The highest BCUT2D eigenvalue weighted by Gasteiger charge is 2.43. The molecular formula is C20H19N3O2S. The quantitative estimate of drug-likeness (QED) is 0.701. The Labute approximate surface area is 157 Å². The maximum absolute atomic E-state index is 5.98. The van der Waals surface area contributed by atoms with Gasteiger partial charge in [-0.3, -0.25) is 4.98 Å². The predicted molar refractivity (Wildman–Crippen MR) is 104 cm³/mol. The second-order valence-corrected chi connectivity index (χ2v) is 6.50. The first-order valence-electron chi connectivity index (χ1n) is 8.39. The lowest BCUT2D eigenvalue weighted by molar-refractivity contribution is 0.404. The summed E-state index contributed by atoms with van der Waals surface area (Å²) in [4.78, 5) is 6.57. The van der Waals surface area contributed by atoms with Crippen LogP contribution in [0.25, 0.3) is 0 Å². The molecule has 6 heteroatoms. The number of rotatable bonds is 4. The summed E-state index contributed by atoms with van der Waals surface area (Å²) in [5, 5.41) is 4.02. The average Bonchev–Trinajstić information content (AvgIpc) is 3.25. The standard InChI is InChI=1S/C20H19N3O2S/c1-13-10-11-17(25-13)19-18(14-7-5-6-12-21-14)22-20(26)23(19)15-8-3-4-9-16(15)24-2/h3-12,18-19H,1-2H3,(H,22,26)/t18-,19+/m0/s1. The Morgan fingerprint density at radius 1 is 1.12 bits per heavy atom. The Kier molecular flexibility index (Phi) is 4.34. The van der Waals surface area contributed by atoms with Gasteiger partial charge >= 0.3 is 0 Å². The summed E-state index contributed by atoms with van der Waals surface area (Å²) < 4.78 is 11.5. The molecule has 3 aromatic rings. The van der Waals surface area contributed by atoms with Gasteiger partial charge in [-0.05, 0) is 55.5 Å². The van der Waals surface area contributed by atoms with Gasteiger partial charge < -0.3 is 19.4 Å². The number of aryl methyl sites for hydroxylation is 1. The fourth-order valence-corrected chi connectivity index (χ4v) is 3.68. The topological polar surface area (TPSA) is 50.5 Å². The number of methoxy groups -OCH3 is 1. The Morgan fingerprint density at radius 2 is 1.92 bits per heavy atom. The molecule has 132 valence electrons. The predicted octanol–water partition coefficient (Wildman–Crippen LogP) is 4.17. The number of benzene rings is 1. The minimum absolute atomic E-state index is 0.126. The lowest BCUT2D eigenvalue weighted by Crippen LogP contribution is -2.29. The molecule has 0 saturated carbocycles. The largest absolute Gasteiger partial charge is 0.495 e. The van der Waals surface area contributed by atoms with Crippen molar-refractivity contribution in [3.05, 3.63) is 78.0 Å². The molecule has 0 unspecified atom stereocenters. The first-order valence-corrected chi connectivity index (χ1v) is 8.80. The number of nitrogens with one attached hydrogen (secondary N) is 1. The molecule has 4 rings (SSSR count). The molecule has 0 bridgehead atoms. The number of furan rings is 1. The van der Waals surface area contributed by atoms with E-state index in [1.165, 1.54) is 0 Å². The summed E-state index contributed by atoms with van der Waals surface area (Å²) in [6.45, 7) is 1.94. The van der Waals surface area contributed by atoms with Crippen LogP contribution < -0.4 is 15.0 Å². The van der Waals surface area contributed by atoms with Crippen molar-refractivity contribution in [2.24, 2.45) is 0 Å². The molecule has 2 atom stereocenters. The van der Waals surface area contributed by atoms with Crippen molar-refractivity contribution in [2.45, 2.75) is 19.0 Å². The van der Waals surface area contributed by atoms with E-state index in [4.69, 9.17) is 21.4 Å². The van der Waals surface area contributed by atoms with Gasteiger partial charge in [0, 0.05) is 6.20 Å². The van der Waals surface area contributed by atoms with Gasteiger partial charge in [0.15, 0.2) is 5.11 Å². The lowest BCUT2D eigenvalue weighted by atomic mass is 10.0. The molecule has 0 spiro atoms. The van der Waals surface area contributed by atoms with Gasteiger partial charge in [-0.1, -0.05) is 18.2 Å². The van der Waals surface area contributed by atoms with Crippen LogP contribution in [-0.4, -0.2) is 17.2 Å². The molecule has 0 radical (unpaired) electrons. The van der Waals surface area contributed by atoms with E-state index in [-0.39, 0.29) is 12.1 Å². The van der Waals surface area contributed by atoms with Gasteiger partial charge in [0.25, 0.3) is 0 Å². The maximum atomic E-state index is 5.98. The number of anilines is 1. The number of thiocarbonyl (C=S) groups is 1. The second-order valence-electron chi connectivity index (χ2n) is 6.12. The SMILES string of the molecule is COc1ccccc1N1C(=S)N[C@@H](c2ccccn2)[C@H]1c1ccc(C)o1. The van der Waals surface area contributed by atoms with Gasteiger partial charge in [-0.2, -0.15) is 0 Å². The van der Waals surface area contributed by atoms with E-state index in [1.54, 1.807) is 13.3 Å². The zero-order valence-electron chi connectivity index (χ0n) is 14.5. The number of aromatic nitrogens is 1. The zero-order chi connectivity index (χ0) is 18.1. The number of para-hydroxylation sites is 2. The molecule has 2 aromatic heterocycles. The minimum Gasteiger partial charge on any atom is -0.495 e. The van der Waals surface area contributed by atoms with Crippen molar-refractivity contribution < 1.29 is 9.15 Å². The number of nitrogens with zero attached hydrogens (tertiary/aromatic N) is 2. The van der Waals surface area contributed by atoms with Crippen LogP contribution in [0.2, 0.25) is 0 Å². The van der Waals surface area contributed by atoms with Crippen LogP contribution in [0.4, 0.5) is 5.69 Å². The molecule has 3 heterocycles. The molecule has 1 N–H and O–H groups in total. The number of ether oxygens (including phenoxy) is 1. The molecule has 1 aliphatic heterocycles. The number of hydrogen-bond donors (Lipinski definition) is 1. The third-order valence-electron chi connectivity index (χ3n) is 4.50. The maximum Gasteiger partial charge on any atom is 0.174 e. The van der Waals surface area contributed by atoms with Gasteiger partial charge in [-0.25, -0.2) is 0 Å². The molecule has 1 saturated heterocycles. The molecule has 26 heavy (non-hydrogen) atoms. The highest BCUT2D eigenvalue weighted by atomic mass is 32.1. The van der Waals surface area contributed by atoms with Gasteiger partial charge in [0.05, 0.1) is 24.5 Å². The van der Waals surface area contributed by atoms with Crippen molar-refractivity contribution >= 4 is 23.0 Å². The Bertz CT molecular complexity index is 926. The van der Waals surface area contributed by atoms with E-state index in [2.05, 4.69) is 10.3 Å². The van der Waals surface area contributed by atoms with E-state index in [0.29, 0.717) is 5.11 Å². The lowest BCUT2D eigenvalue weighted by Gasteiger charge is -2.27. The van der Waals surface area contributed by atoms with E-state index in [9.17, 15) is 0 Å². The average molecular weight is 365 g/mol. The molecular weight excluding hydrogens is 346 g/mol. The minimum atomic E-state index is -0.164. The third-order valence-corrected chi connectivity index (χ3v) is 4.81. The van der Waals surface area contributed by atoms with Crippen LogP contribution in [0, 0.1) is 6.92 Å². The van der Waals surface area contributed by atoms with Crippen molar-refractivity contribution in [3.63, 3.8) is 0 Å². The summed E-state index contributed by atoms with van der Waals surface area (Å²) in [6.07, 6.45) is 1.79. The van der Waals surface area contributed by atoms with E-state index in [0.717, 1.165) is 28.7 Å². The summed E-state index contributed by atoms with van der Waals surface area (Å²) >= 11 is 5.68. The molecule has 1 aromatic carbocycles. The van der Waals surface area contributed by atoms with Crippen LogP contribution in [0.15, 0.2) is 65.2 Å². The van der Waals surface area contributed by atoms with Crippen LogP contribution in [0.5, 0.6) is 5.75 Å². The van der Waals surface area contributed by atoms with E-state index in [1.807, 2.05) is 66.4 Å². The molecule has 1 aliphatic rings. The summed E-state index contributed by atoms with van der Waals surface area (Å²) in [6, 6.07) is 17.4. The summed E-state index contributed by atoms with van der Waals surface area (Å²) in [7, 11) is 1.66. The fourth-order valence-electron chi connectivity index (χ4n) is 3.34. The summed E-state index contributed by atoms with van der Waals surface area (Å²) in [5.41, 5.74) is 1.80. The highest BCUT2D eigenvalue weighted by molar-refractivity contribution is 7.80. The molecule has 1 fully saturated rings. The zero-order valence-corrected chi connectivity index (χ0v) is 15.4. The van der Waals surface area contributed by atoms with Gasteiger partial charge in [-0.15, -0.1) is 0 Å². The normalized spacial score (nSPS) is 19.5. The molecule has 0 amide bonds. The van der Waals surface area contributed by atoms with Crippen LogP contribution in [0.3, 0.4) is 0 Å². The Hall–Kier alpha value is -2.86. The van der Waals surface area contributed by atoms with E-state index < -0.39 is 0 Å². The molecule has 5 nitrogen and oxygen atoms in total. The summed E-state index contributed by atoms with van der Waals surface area (Å²) in [5.74, 6) is 2.44. The first kappa shape index (κ1) is 16.6. The monoisotopic (exact) mass is 365 g/mol. The number of pyridine rings is 1. The second kappa shape index (κ2) is 6.80. The van der Waals surface area contributed by atoms with Crippen molar-refractivity contribution in [1.82, 2.24) is 10.3 Å². The first-order chi connectivity index (χ1) is 12.7. The van der Waals surface area contributed by atoms with Crippen LogP contribution in [0.1, 0.15) is 29.3 Å². The van der Waals surface area contributed by atoms with Crippen LogP contribution in [-0.2, 0) is 0 Å². The number of hydrogen-bond acceptors (Lipinski definition) is 4. The van der Waals surface area contributed by atoms with Crippen molar-refractivity contribution in [3.8, 4) is 5.75 Å². The van der Waals surface area contributed by atoms with Crippen LogP contribution >= 0.6 is 12.2 Å². The van der Waals surface area contributed by atoms with Crippen molar-refractivity contribution in [1.29, 1.82) is 0 Å². The molecule has 0 aliphatic carbocycles. The highest BCUT2D eigenvalue weighted by Crippen LogP contribution is 2.44. The van der Waals surface area contributed by atoms with E-state index >= 15 is 0 Å². The van der Waals surface area contributed by atoms with Crippen molar-refractivity contribution in [2.75, 3.05) is 12.0 Å².